The van der Waals surface area contributed by atoms with Crippen LogP contribution in [0.25, 0.3) is 11.2 Å². The average molecular weight is 594 g/mol. The number of benzene rings is 1. The molecule has 40 heavy (non-hydrogen) atoms. The lowest BCUT2D eigenvalue weighted by Crippen LogP contribution is -2.35. The van der Waals surface area contributed by atoms with Crippen molar-refractivity contribution in [2.24, 2.45) is 5.92 Å². The van der Waals surface area contributed by atoms with E-state index in [1.807, 2.05) is 0 Å². The summed E-state index contributed by atoms with van der Waals surface area (Å²) in [6.45, 7) is 3.88. The van der Waals surface area contributed by atoms with Gasteiger partial charge in [-0.25, -0.2) is 15.0 Å². The molecule has 4 unspecified atom stereocenters. The molecule has 0 spiro atoms. The van der Waals surface area contributed by atoms with E-state index in [4.69, 9.17) is 46.6 Å². The van der Waals surface area contributed by atoms with Gasteiger partial charge in [0.05, 0.1) is 12.4 Å². The Morgan fingerprint density at radius 3 is 2.75 bits per heavy atom. The summed E-state index contributed by atoms with van der Waals surface area (Å²) in [6.07, 6.45) is 5.53. The zero-order chi connectivity index (χ0) is 28.2. The number of imidazole rings is 1. The number of aromatic nitrogens is 4. The van der Waals surface area contributed by atoms with E-state index < -0.39 is 14.6 Å². The maximum atomic E-state index is 12.6. The quantitative estimate of drug-likeness (QED) is 0.125. The summed E-state index contributed by atoms with van der Waals surface area (Å²) < 4.78 is 25.2. The predicted octanol–water partition coefficient (Wildman–Crippen LogP) is 4.29. The zero-order valence-corrected chi connectivity index (χ0v) is 23.9. The molecular formula is C25H33ClN7O6P. The third-order valence-corrected chi connectivity index (χ3v) is 8.27. The third kappa shape index (κ3) is 6.91. The molecule has 1 aliphatic heterocycles. The number of nitrogens with one attached hydrogen (secondary N) is 1. The molecule has 3 heterocycles. The number of carbonyl (C=O) groups excluding carboxylic acids is 1. The van der Waals surface area contributed by atoms with Gasteiger partial charge < -0.3 is 25.5 Å². The lowest BCUT2D eigenvalue weighted by molar-refractivity contribution is -0.228. The Kier molecular flexibility index (Phi) is 9.19. The molecule has 216 valence electrons. The van der Waals surface area contributed by atoms with Gasteiger partial charge in [0.25, 0.3) is 0 Å². The fourth-order valence-corrected chi connectivity index (χ4v) is 5.94. The topological polar surface area (TPSA) is 171 Å². The van der Waals surface area contributed by atoms with Crippen LogP contribution >= 0.6 is 20.1 Å². The van der Waals surface area contributed by atoms with Crippen molar-refractivity contribution in [3.05, 3.63) is 35.6 Å². The summed E-state index contributed by atoms with van der Waals surface area (Å²) in [6, 6.07) is 6.13. The molecule has 2 aromatic heterocycles. The second kappa shape index (κ2) is 12.8. The zero-order valence-electron chi connectivity index (χ0n) is 22.2. The standard InChI is InChI=1S/C25H33ClN7O6P/c1-14-11-19(36-23(14)33-13-29-20-21(27)30-25(28)31-22(20)33)12-35-39-40(38-18-9-7-16(26)8-10-18)32-15(2)24(34)37-17-5-3-4-6-17/h7-10,13-15,17,19,23,32H,3-6,11-12H2,1-2H3,(H4,27,28,30,31)/t14?,15?,19?,23-,40?/m1/s1. The number of nitrogens with two attached hydrogens (primary N) is 2. The summed E-state index contributed by atoms with van der Waals surface area (Å²) in [5.41, 5.74) is 12.7. The van der Waals surface area contributed by atoms with Gasteiger partial charge >= 0.3 is 14.5 Å². The summed E-state index contributed by atoms with van der Waals surface area (Å²) in [7, 11) is -1.88. The number of fused-ring (bicyclic) bond motifs is 1. The number of nitrogen functional groups attached to an aromatic ring is 2. The third-order valence-electron chi connectivity index (χ3n) is 6.81. The van der Waals surface area contributed by atoms with Crippen LogP contribution in [-0.4, -0.2) is 50.3 Å². The van der Waals surface area contributed by atoms with Gasteiger partial charge in [-0.3, -0.25) is 9.36 Å². The van der Waals surface area contributed by atoms with Crippen LogP contribution in [0.5, 0.6) is 5.75 Å². The predicted molar refractivity (Wildman–Crippen MR) is 149 cm³/mol. The van der Waals surface area contributed by atoms with Crippen LogP contribution in [0.2, 0.25) is 5.02 Å². The molecule has 5 atom stereocenters. The van der Waals surface area contributed by atoms with Crippen molar-refractivity contribution in [3.8, 4) is 5.75 Å². The van der Waals surface area contributed by atoms with Crippen LogP contribution in [-0.2, 0) is 23.8 Å². The highest BCUT2D eigenvalue weighted by molar-refractivity contribution is 7.45. The van der Waals surface area contributed by atoms with Gasteiger partial charge in [-0.15, -0.1) is 0 Å². The Hall–Kier alpha value is -2.80. The SMILES string of the molecule is CC(NP(OOCC1CC(C)[C@H](n2cnc3c(N)nc(N)nc32)O1)Oc1ccc(Cl)cc1)C(=O)OC1CCCC1. The molecule has 15 heteroatoms. The smallest absolute Gasteiger partial charge is 0.349 e. The van der Waals surface area contributed by atoms with Crippen molar-refractivity contribution in [1.82, 2.24) is 24.6 Å². The summed E-state index contributed by atoms with van der Waals surface area (Å²) in [4.78, 5) is 30.8. The Bertz CT molecular complexity index is 1310. The number of carbonyl (C=O) groups is 1. The van der Waals surface area contributed by atoms with E-state index in [2.05, 4.69) is 27.0 Å². The molecule has 0 bridgehead atoms. The molecule has 0 amide bonds. The maximum absolute atomic E-state index is 12.6. The molecule has 1 aliphatic carbocycles. The van der Waals surface area contributed by atoms with E-state index in [1.54, 1.807) is 42.1 Å². The molecular weight excluding hydrogens is 561 g/mol. The highest BCUT2D eigenvalue weighted by Crippen LogP contribution is 2.39. The molecule has 2 aliphatic rings. The Morgan fingerprint density at radius 1 is 1.25 bits per heavy atom. The number of esters is 1. The van der Waals surface area contributed by atoms with Crippen LogP contribution in [0.4, 0.5) is 11.8 Å². The number of hydrogen-bond donors (Lipinski definition) is 3. The fourth-order valence-electron chi connectivity index (χ4n) is 4.80. The minimum atomic E-state index is -1.88. The van der Waals surface area contributed by atoms with Crippen LogP contribution in [0.15, 0.2) is 30.6 Å². The molecule has 13 nitrogen and oxygen atoms in total. The highest BCUT2D eigenvalue weighted by Gasteiger charge is 2.36. The summed E-state index contributed by atoms with van der Waals surface area (Å²) >= 11 is 6.00. The minimum Gasteiger partial charge on any atom is -0.461 e. The van der Waals surface area contributed by atoms with E-state index in [0.29, 0.717) is 28.4 Å². The van der Waals surface area contributed by atoms with E-state index >= 15 is 0 Å². The second-order valence-electron chi connectivity index (χ2n) is 10.0. The van der Waals surface area contributed by atoms with Crippen molar-refractivity contribution in [1.29, 1.82) is 0 Å². The molecule has 2 fully saturated rings. The number of nitrogens with zero attached hydrogens (tertiary/aromatic N) is 4. The van der Waals surface area contributed by atoms with Crippen LogP contribution in [0.1, 0.15) is 52.2 Å². The Morgan fingerprint density at radius 2 is 2.00 bits per heavy atom. The van der Waals surface area contributed by atoms with Crippen LogP contribution < -0.4 is 21.1 Å². The molecule has 5 N–H and O–H groups in total. The molecule has 1 saturated carbocycles. The van der Waals surface area contributed by atoms with Crippen molar-refractivity contribution in [2.45, 2.75) is 70.4 Å². The first-order valence-corrected chi connectivity index (χ1v) is 14.7. The monoisotopic (exact) mass is 593 g/mol. The average Bonchev–Trinajstić information content (AvgIpc) is 3.65. The molecule has 3 aromatic rings. The van der Waals surface area contributed by atoms with Crippen LogP contribution in [0, 0.1) is 5.92 Å². The number of ether oxygens (including phenoxy) is 2. The normalized spacial score (nSPS) is 22.9. The van der Waals surface area contributed by atoms with Gasteiger partial charge in [0.1, 0.15) is 36.2 Å². The van der Waals surface area contributed by atoms with Gasteiger partial charge in [0, 0.05) is 10.9 Å². The van der Waals surface area contributed by atoms with Crippen molar-refractivity contribution in [2.75, 3.05) is 18.1 Å². The van der Waals surface area contributed by atoms with Gasteiger partial charge in [-0.05, 0) is 63.3 Å². The van der Waals surface area contributed by atoms with Gasteiger partial charge in [0.15, 0.2) is 11.5 Å². The number of hydrogen-bond acceptors (Lipinski definition) is 12. The minimum absolute atomic E-state index is 0.0428. The lowest BCUT2D eigenvalue weighted by Gasteiger charge is -2.22. The second-order valence-corrected chi connectivity index (χ2v) is 11.5. The lowest BCUT2D eigenvalue weighted by atomic mass is 10.1. The van der Waals surface area contributed by atoms with Gasteiger partial charge in [0.2, 0.25) is 5.95 Å². The van der Waals surface area contributed by atoms with Gasteiger partial charge in [-0.2, -0.15) is 14.6 Å². The molecule has 1 aromatic carbocycles. The first kappa shape index (κ1) is 28.7. The molecule has 0 radical (unpaired) electrons. The van der Waals surface area contributed by atoms with E-state index in [9.17, 15) is 4.79 Å². The maximum Gasteiger partial charge on any atom is 0.349 e. The van der Waals surface area contributed by atoms with E-state index in [0.717, 1.165) is 25.7 Å². The molecule has 5 rings (SSSR count). The largest absolute Gasteiger partial charge is 0.461 e. The number of anilines is 2. The van der Waals surface area contributed by atoms with Crippen molar-refractivity contribution >= 4 is 49.0 Å². The first-order valence-electron chi connectivity index (χ1n) is 13.2. The van der Waals surface area contributed by atoms with Crippen molar-refractivity contribution in [3.63, 3.8) is 0 Å². The fraction of sp³-hybridized carbons (Fsp3) is 0.520. The van der Waals surface area contributed by atoms with Gasteiger partial charge in [-0.1, -0.05) is 18.5 Å². The van der Waals surface area contributed by atoms with Crippen LogP contribution in [0.3, 0.4) is 0 Å². The summed E-state index contributed by atoms with van der Waals surface area (Å²) in [5, 5.41) is 3.62. The molecule has 1 saturated heterocycles. The Labute approximate surface area is 237 Å². The highest BCUT2D eigenvalue weighted by atomic mass is 35.5. The van der Waals surface area contributed by atoms with E-state index in [1.165, 1.54) is 0 Å². The first-order chi connectivity index (χ1) is 19.3. The van der Waals surface area contributed by atoms with Crippen molar-refractivity contribution < 1.29 is 28.4 Å². The Balaban J connectivity index is 1.19. The number of rotatable bonds is 11. The van der Waals surface area contributed by atoms with E-state index in [-0.39, 0.29) is 48.7 Å². The number of halogens is 1. The summed E-state index contributed by atoms with van der Waals surface area (Å²) in [5.74, 6) is 0.521.